The maximum Gasteiger partial charge on any atom is 0.332 e. The zero-order chi connectivity index (χ0) is 13.7. The minimum atomic E-state index is -0.786. The number of aliphatic carboxylic acids is 1. The summed E-state index contributed by atoms with van der Waals surface area (Å²) in [6.45, 7) is 1.49. The van der Waals surface area contributed by atoms with Gasteiger partial charge in [0.1, 0.15) is 0 Å². The maximum absolute atomic E-state index is 11.1. The van der Waals surface area contributed by atoms with Crippen LogP contribution in [-0.2, 0) is 11.2 Å². The van der Waals surface area contributed by atoms with Crippen molar-refractivity contribution in [2.45, 2.75) is 18.9 Å². The van der Waals surface area contributed by atoms with Crippen LogP contribution in [0.3, 0.4) is 0 Å². The van der Waals surface area contributed by atoms with Gasteiger partial charge in [-0.25, -0.2) is 4.79 Å². The van der Waals surface area contributed by atoms with Gasteiger partial charge in [-0.05, 0) is 24.5 Å². The largest absolute Gasteiger partial charge is 0.478 e. The predicted molar refractivity (Wildman–Crippen MR) is 76.7 cm³/mol. The number of benzene rings is 1. The van der Waals surface area contributed by atoms with Crippen molar-refractivity contribution in [1.29, 1.82) is 0 Å². The summed E-state index contributed by atoms with van der Waals surface area (Å²) in [6, 6.07) is 8.70. The first kappa shape index (κ1) is 11.7. The Labute approximate surface area is 116 Å². The van der Waals surface area contributed by atoms with E-state index in [-0.39, 0.29) is 0 Å². The third-order valence-corrected chi connectivity index (χ3v) is 4.51. The van der Waals surface area contributed by atoms with Crippen LogP contribution >= 0.6 is 0 Å². The van der Waals surface area contributed by atoms with Gasteiger partial charge >= 0.3 is 5.97 Å². The highest BCUT2D eigenvalue weighted by Gasteiger charge is 2.33. The number of nitrogens with zero attached hydrogens (tertiary/aromatic N) is 1. The van der Waals surface area contributed by atoms with Crippen LogP contribution < -0.4 is 0 Å². The van der Waals surface area contributed by atoms with E-state index in [1.807, 2.05) is 12.1 Å². The molecule has 1 aromatic heterocycles. The highest BCUT2D eigenvalue weighted by Crippen LogP contribution is 2.38. The van der Waals surface area contributed by atoms with Crippen LogP contribution in [0, 0.1) is 0 Å². The van der Waals surface area contributed by atoms with Crippen LogP contribution in [0.25, 0.3) is 10.9 Å². The number of aromatic nitrogens is 1. The van der Waals surface area contributed by atoms with Crippen LogP contribution in [0.15, 0.2) is 35.9 Å². The highest BCUT2D eigenvalue weighted by molar-refractivity contribution is 5.88. The van der Waals surface area contributed by atoms with E-state index in [1.54, 1.807) is 0 Å². The molecular formula is C16H16N2O2. The fourth-order valence-corrected chi connectivity index (χ4v) is 3.52. The zero-order valence-corrected chi connectivity index (χ0v) is 11.1. The molecule has 2 aromatic rings. The lowest BCUT2D eigenvalue weighted by molar-refractivity contribution is -0.133. The molecule has 2 aliphatic heterocycles. The Hall–Kier alpha value is -2.07. The summed E-state index contributed by atoms with van der Waals surface area (Å²) >= 11 is 0. The summed E-state index contributed by atoms with van der Waals surface area (Å²) in [5.74, 6) is -0.786. The summed E-state index contributed by atoms with van der Waals surface area (Å²) in [6.07, 6.45) is 3.65. The zero-order valence-electron chi connectivity index (χ0n) is 11.1. The minimum absolute atomic E-state index is 0.300. The molecule has 2 N–H and O–H groups in total. The Bertz CT molecular complexity index is 729. The van der Waals surface area contributed by atoms with E-state index >= 15 is 0 Å². The van der Waals surface area contributed by atoms with E-state index in [2.05, 4.69) is 28.1 Å². The maximum atomic E-state index is 11.1. The van der Waals surface area contributed by atoms with E-state index in [0.29, 0.717) is 18.2 Å². The highest BCUT2D eigenvalue weighted by atomic mass is 16.4. The SMILES string of the molecule is O=C(O)C1=CCC2c3[nH]c4ccccc4c3CCN2C1. The Kier molecular flexibility index (Phi) is 2.47. The molecule has 0 bridgehead atoms. The second-order valence-electron chi connectivity index (χ2n) is 5.57. The fraction of sp³-hybridized carbons (Fsp3) is 0.312. The number of carboxylic acids is 1. The predicted octanol–water partition coefficient (Wildman–Crippen LogP) is 2.48. The molecule has 2 aliphatic rings. The molecule has 0 spiro atoms. The summed E-state index contributed by atoms with van der Waals surface area (Å²) in [7, 11) is 0. The van der Waals surface area contributed by atoms with E-state index in [4.69, 9.17) is 5.11 Å². The van der Waals surface area contributed by atoms with Crippen LogP contribution in [-0.4, -0.2) is 34.0 Å². The van der Waals surface area contributed by atoms with Crippen LogP contribution in [0.2, 0.25) is 0 Å². The molecule has 4 rings (SSSR count). The molecule has 1 aromatic carbocycles. The van der Waals surface area contributed by atoms with Gasteiger partial charge in [0.05, 0.1) is 6.04 Å². The Morgan fingerprint density at radius 3 is 3.05 bits per heavy atom. The van der Waals surface area contributed by atoms with Gasteiger partial charge in [0.2, 0.25) is 0 Å². The lowest BCUT2D eigenvalue weighted by Gasteiger charge is -2.38. The number of para-hydroxylation sites is 1. The van der Waals surface area contributed by atoms with E-state index in [0.717, 1.165) is 19.4 Å². The van der Waals surface area contributed by atoms with Crippen molar-refractivity contribution in [2.24, 2.45) is 0 Å². The number of hydrogen-bond acceptors (Lipinski definition) is 2. The molecule has 0 saturated carbocycles. The third-order valence-electron chi connectivity index (χ3n) is 4.51. The molecule has 102 valence electrons. The number of H-pyrrole nitrogens is 1. The van der Waals surface area contributed by atoms with Crippen molar-refractivity contribution in [3.63, 3.8) is 0 Å². The fourth-order valence-electron chi connectivity index (χ4n) is 3.52. The van der Waals surface area contributed by atoms with Crippen molar-refractivity contribution in [3.8, 4) is 0 Å². The molecule has 0 radical (unpaired) electrons. The first-order valence-corrected chi connectivity index (χ1v) is 7.00. The second kappa shape index (κ2) is 4.21. The minimum Gasteiger partial charge on any atom is -0.478 e. The van der Waals surface area contributed by atoms with E-state index in [9.17, 15) is 4.79 Å². The number of hydrogen-bond donors (Lipinski definition) is 2. The molecule has 4 nitrogen and oxygen atoms in total. The number of rotatable bonds is 1. The van der Waals surface area contributed by atoms with Gasteiger partial charge in [-0.1, -0.05) is 24.3 Å². The number of aromatic amines is 1. The summed E-state index contributed by atoms with van der Waals surface area (Å²) in [5.41, 5.74) is 4.40. The Balaban J connectivity index is 1.79. The standard InChI is InChI=1S/C16H16N2O2/c19-16(20)10-5-6-14-15-12(7-8-18(14)9-10)11-3-1-2-4-13(11)17-15/h1-5,14,17H,6-9H2,(H,19,20). The number of nitrogens with one attached hydrogen (secondary N) is 1. The van der Waals surface area contributed by atoms with Gasteiger partial charge in [0, 0.05) is 35.3 Å². The lowest BCUT2D eigenvalue weighted by atomic mass is 9.91. The first-order chi connectivity index (χ1) is 9.74. The van der Waals surface area contributed by atoms with Crippen molar-refractivity contribution < 1.29 is 9.90 Å². The summed E-state index contributed by atoms with van der Waals surface area (Å²) in [4.78, 5) is 16.9. The van der Waals surface area contributed by atoms with Gasteiger partial charge in [-0.15, -0.1) is 0 Å². The molecule has 1 unspecified atom stereocenters. The second-order valence-corrected chi connectivity index (χ2v) is 5.57. The molecule has 0 saturated heterocycles. The molecule has 20 heavy (non-hydrogen) atoms. The Morgan fingerprint density at radius 1 is 1.35 bits per heavy atom. The average molecular weight is 268 g/mol. The normalized spacial score (nSPS) is 22.2. The number of carboxylic acid groups (broad SMARTS) is 1. The van der Waals surface area contributed by atoms with Crippen molar-refractivity contribution in [3.05, 3.63) is 47.2 Å². The lowest BCUT2D eigenvalue weighted by Crippen LogP contribution is -2.39. The molecular weight excluding hydrogens is 252 g/mol. The van der Waals surface area contributed by atoms with Crippen LogP contribution in [0.1, 0.15) is 23.7 Å². The number of fused-ring (bicyclic) bond motifs is 5. The van der Waals surface area contributed by atoms with Crippen molar-refractivity contribution >= 4 is 16.9 Å². The average Bonchev–Trinajstić information content (AvgIpc) is 2.85. The van der Waals surface area contributed by atoms with Crippen LogP contribution in [0.4, 0.5) is 0 Å². The van der Waals surface area contributed by atoms with Gasteiger partial charge in [-0.3, -0.25) is 4.90 Å². The van der Waals surface area contributed by atoms with Gasteiger partial charge in [-0.2, -0.15) is 0 Å². The molecule has 3 heterocycles. The van der Waals surface area contributed by atoms with E-state index < -0.39 is 5.97 Å². The third kappa shape index (κ3) is 1.61. The molecule has 4 heteroatoms. The van der Waals surface area contributed by atoms with Crippen molar-refractivity contribution in [2.75, 3.05) is 13.1 Å². The topological polar surface area (TPSA) is 56.3 Å². The van der Waals surface area contributed by atoms with E-state index in [1.165, 1.54) is 22.2 Å². The first-order valence-electron chi connectivity index (χ1n) is 7.00. The monoisotopic (exact) mass is 268 g/mol. The quantitative estimate of drug-likeness (QED) is 0.835. The molecule has 0 aliphatic carbocycles. The smallest absolute Gasteiger partial charge is 0.332 e. The molecule has 0 amide bonds. The number of carbonyl (C=O) groups is 1. The van der Waals surface area contributed by atoms with Crippen LogP contribution in [0.5, 0.6) is 0 Å². The molecule has 0 fully saturated rings. The van der Waals surface area contributed by atoms with Gasteiger partial charge in [0.25, 0.3) is 0 Å². The van der Waals surface area contributed by atoms with Crippen molar-refractivity contribution in [1.82, 2.24) is 9.88 Å². The Morgan fingerprint density at radius 2 is 2.20 bits per heavy atom. The summed E-state index contributed by atoms with van der Waals surface area (Å²) in [5, 5.41) is 10.5. The van der Waals surface area contributed by atoms with Gasteiger partial charge in [0.15, 0.2) is 0 Å². The van der Waals surface area contributed by atoms with Gasteiger partial charge < -0.3 is 10.1 Å². The molecule has 1 atom stereocenters. The summed E-state index contributed by atoms with van der Waals surface area (Å²) < 4.78 is 0.